The minimum absolute atomic E-state index is 0.0490. The maximum absolute atomic E-state index is 10.5. The molecule has 80 valence electrons. The Balaban J connectivity index is 2.57. The molecule has 1 saturated carbocycles. The van der Waals surface area contributed by atoms with E-state index in [1.165, 1.54) is 0 Å². The molecule has 0 aromatic rings. The molecule has 0 aromatic carbocycles. The van der Waals surface area contributed by atoms with Crippen LogP contribution in [0.25, 0.3) is 0 Å². The van der Waals surface area contributed by atoms with Crippen molar-refractivity contribution < 1.29 is 15.0 Å². The summed E-state index contributed by atoms with van der Waals surface area (Å²) in [7, 11) is 0. The van der Waals surface area contributed by atoms with Gasteiger partial charge in [0, 0.05) is 6.04 Å². The second-order valence-electron chi connectivity index (χ2n) is 3.71. The maximum atomic E-state index is 10.5. The Kier molecular flexibility index (Phi) is 3.95. The molecule has 1 fully saturated rings. The Morgan fingerprint density at radius 2 is 2.21 bits per heavy atom. The minimum atomic E-state index is -0.985. The lowest BCUT2D eigenvalue weighted by Gasteiger charge is -2.32. The Morgan fingerprint density at radius 3 is 2.79 bits per heavy atom. The van der Waals surface area contributed by atoms with Crippen molar-refractivity contribution in [3.63, 3.8) is 0 Å². The molecular formula is C10H17NO3. The SMILES string of the molecule is CC=CC1C[C@H](O)CCC1NC(=O)O. The van der Waals surface area contributed by atoms with E-state index >= 15 is 0 Å². The predicted octanol–water partition coefficient (Wildman–Crippen LogP) is 1.36. The summed E-state index contributed by atoms with van der Waals surface area (Å²) in [5.74, 6) is 0.125. The fourth-order valence-corrected chi connectivity index (χ4v) is 1.98. The zero-order valence-corrected chi connectivity index (χ0v) is 8.31. The minimum Gasteiger partial charge on any atom is -0.465 e. The molecule has 0 heterocycles. The first-order valence-electron chi connectivity index (χ1n) is 4.93. The molecule has 0 bridgehead atoms. The maximum Gasteiger partial charge on any atom is 0.404 e. The molecule has 4 nitrogen and oxygen atoms in total. The summed E-state index contributed by atoms with van der Waals surface area (Å²) >= 11 is 0. The molecule has 2 unspecified atom stereocenters. The van der Waals surface area contributed by atoms with Gasteiger partial charge in [-0.3, -0.25) is 0 Å². The van der Waals surface area contributed by atoms with Crippen LogP contribution < -0.4 is 5.32 Å². The summed E-state index contributed by atoms with van der Waals surface area (Å²) in [5.41, 5.74) is 0. The number of aliphatic hydroxyl groups excluding tert-OH is 1. The highest BCUT2D eigenvalue weighted by atomic mass is 16.4. The number of hydrogen-bond acceptors (Lipinski definition) is 2. The quantitative estimate of drug-likeness (QED) is 0.588. The first-order valence-corrected chi connectivity index (χ1v) is 4.93. The van der Waals surface area contributed by atoms with E-state index in [1.807, 2.05) is 19.1 Å². The van der Waals surface area contributed by atoms with E-state index in [0.29, 0.717) is 19.3 Å². The van der Waals surface area contributed by atoms with Crippen LogP contribution in [0.1, 0.15) is 26.2 Å². The topological polar surface area (TPSA) is 69.6 Å². The molecule has 1 amide bonds. The van der Waals surface area contributed by atoms with Gasteiger partial charge in [-0.05, 0) is 32.1 Å². The van der Waals surface area contributed by atoms with Gasteiger partial charge >= 0.3 is 6.09 Å². The van der Waals surface area contributed by atoms with Crippen LogP contribution in [0.3, 0.4) is 0 Å². The summed E-state index contributed by atoms with van der Waals surface area (Å²) in [6, 6.07) is -0.0490. The summed E-state index contributed by atoms with van der Waals surface area (Å²) in [4.78, 5) is 10.5. The second kappa shape index (κ2) is 5.00. The van der Waals surface area contributed by atoms with Gasteiger partial charge in [0.25, 0.3) is 0 Å². The van der Waals surface area contributed by atoms with Gasteiger partial charge < -0.3 is 15.5 Å². The first kappa shape index (κ1) is 11.0. The highest BCUT2D eigenvalue weighted by molar-refractivity contribution is 5.64. The van der Waals surface area contributed by atoms with E-state index in [2.05, 4.69) is 5.32 Å². The Bertz CT molecular complexity index is 227. The van der Waals surface area contributed by atoms with Crippen molar-refractivity contribution in [3.8, 4) is 0 Å². The third-order valence-electron chi connectivity index (χ3n) is 2.62. The van der Waals surface area contributed by atoms with Crippen LogP contribution in [0.15, 0.2) is 12.2 Å². The molecule has 4 heteroatoms. The Labute approximate surface area is 83.6 Å². The number of amides is 1. The monoisotopic (exact) mass is 199 g/mol. The lowest BCUT2D eigenvalue weighted by atomic mass is 9.82. The van der Waals surface area contributed by atoms with Crippen LogP contribution in [0.5, 0.6) is 0 Å². The lowest BCUT2D eigenvalue weighted by Crippen LogP contribution is -2.43. The van der Waals surface area contributed by atoms with Gasteiger partial charge in [0.2, 0.25) is 0 Å². The third kappa shape index (κ3) is 3.03. The highest BCUT2D eigenvalue weighted by Crippen LogP contribution is 2.25. The number of nitrogens with one attached hydrogen (secondary N) is 1. The van der Waals surface area contributed by atoms with E-state index in [-0.39, 0.29) is 18.1 Å². The van der Waals surface area contributed by atoms with Gasteiger partial charge in [-0.25, -0.2) is 4.79 Å². The zero-order chi connectivity index (χ0) is 10.6. The smallest absolute Gasteiger partial charge is 0.404 e. The molecule has 0 aliphatic heterocycles. The number of carbonyl (C=O) groups is 1. The molecule has 14 heavy (non-hydrogen) atoms. The highest BCUT2D eigenvalue weighted by Gasteiger charge is 2.28. The molecule has 3 atom stereocenters. The predicted molar refractivity (Wildman–Crippen MR) is 53.1 cm³/mol. The first-order chi connectivity index (χ1) is 6.63. The Morgan fingerprint density at radius 1 is 1.50 bits per heavy atom. The van der Waals surface area contributed by atoms with Crippen molar-refractivity contribution in [2.24, 2.45) is 5.92 Å². The van der Waals surface area contributed by atoms with Gasteiger partial charge in [0.15, 0.2) is 0 Å². The van der Waals surface area contributed by atoms with Crippen LogP contribution >= 0.6 is 0 Å². The second-order valence-corrected chi connectivity index (χ2v) is 3.71. The van der Waals surface area contributed by atoms with Crippen molar-refractivity contribution in [2.75, 3.05) is 0 Å². The van der Waals surface area contributed by atoms with E-state index in [9.17, 15) is 9.90 Å². The molecular weight excluding hydrogens is 182 g/mol. The van der Waals surface area contributed by atoms with Gasteiger partial charge in [0.05, 0.1) is 6.10 Å². The van der Waals surface area contributed by atoms with Crippen molar-refractivity contribution in [1.29, 1.82) is 0 Å². The van der Waals surface area contributed by atoms with Crippen LogP contribution in [-0.2, 0) is 0 Å². The van der Waals surface area contributed by atoms with Crippen LogP contribution in [0.4, 0.5) is 4.79 Å². The van der Waals surface area contributed by atoms with Crippen LogP contribution in [0, 0.1) is 5.92 Å². The summed E-state index contributed by atoms with van der Waals surface area (Å²) < 4.78 is 0. The number of allylic oxidation sites excluding steroid dienone is 1. The fraction of sp³-hybridized carbons (Fsp3) is 0.700. The van der Waals surface area contributed by atoms with Gasteiger partial charge in [-0.2, -0.15) is 0 Å². The largest absolute Gasteiger partial charge is 0.465 e. The molecule has 1 aliphatic carbocycles. The molecule has 0 radical (unpaired) electrons. The number of aliphatic hydroxyl groups is 1. The molecule has 0 saturated heterocycles. The summed E-state index contributed by atoms with van der Waals surface area (Å²) in [6.45, 7) is 1.90. The molecule has 3 N–H and O–H groups in total. The van der Waals surface area contributed by atoms with Crippen LogP contribution in [-0.4, -0.2) is 28.5 Å². The standard InChI is InChI=1S/C10H17NO3/c1-2-3-7-6-8(12)4-5-9(7)11-10(13)14/h2-3,7-9,11-12H,4-6H2,1H3,(H,13,14)/t7?,8-,9?/m1/s1. The van der Waals surface area contributed by atoms with E-state index in [4.69, 9.17) is 5.11 Å². The summed E-state index contributed by atoms with van der Waals surface area (Å²) in [6.07, 6.45) is 4.63. The zero-order valence-electron chi connectivity index (χ0n) is 8.31. The average Bonchev–Trinajstić information content (AvgIpc) is 2.09. The molecule has 0 aromatic heterocycles. The van der Waals surface area contributed by atoms with Gasteiger partial charge in [-0.1, -0.05) is 12.2 Å². The molecule has 1 rings (SSSR count). The lowest BCUT2D eigenvalue weighted by molar-refractivity contribution is 0.0936. The number of carboxylic acid groups (broad SMARTS) is 1. The van der Waals surface area contributed by atoms with E-state index in [1.54, 1.807) is 0 Å². The van der Waals surface area contributed by atoms with Crippen molar-refractivity contribution in [3.05, 3.63) is 12.2 Å². The van der Waals surface area contributed by atoms with Crippen molar-refractivity contribution in [1.82, 2.24) is 5.32 Å². The number of hydrogen-bond donors (Lipinski definition) is 3. The fourth-order valence-electron chi connectivity index (χ4n) is 1.98. The van der Waals surface area contributed by atoms with Crippen LogP contribution in [0.2, 0.25) is 0 Å². The summed E-state index contributed by atoms with van der Waals surface area (Å²) in [5, 5.41) is 20.6. The van der Waals surface area contributed by atoms with Gasteiger partial charge in [-0.15, -0.1) is 0 Å². The van der Waals surface area contributed by atoms with Gasteiger partial charge in [0.1, 0.15) is 0 Å². The normalized spacial score (nSPS) is 33.1. The average molecular weight is 199 g/mol. The van der Waals surface area contributed by atoms with E-state index < -0.39 is 6.09 Å². The third-order valence-corrected chi connectivity index (χ3v) is 2.62. The Hall–Kier alpha value is -1.03. The number of rotatable bonds is 2. The molecule has 1 aliphatic rings. The van der Waals surface area contributed by atoms with Crippen molar-refractivity contribution >= 4 is 6.09 Å². The van der Waals surface area contributed by atoms with E-state index in [0.717, 1.165) is 0 Å². The molecule has 0 spiro atoms. The van der Waals surface area contributed by atoms with Crippen molar-refractivity contribution in [2.45, 2.75) is 38.3 Å².